The van der Waals surface area contributed by atoms with Crippen LogP contribution in [0.1, 0.15) is 32.9 Å². The van der Waals surface area contributed by atoms with Crippen LogP contribution in [0.4, 0.5) is 0 Å². The van der Waals surface area contributed by atoms with Crippen LogP contribution < -0.4 is 0 Å². The number of aryl methyl sites for hydroxylation is 2. The van der Waals surface area contributed by atoms with E-state index in [1.54, 1.807) is 0 Å². The van der Waals surface area contributed by atoms with Crippen molar-refractivity contribution in [3.05, 3.63) is 58.7 Å². The van der Waals surface area contributed by atoms with E-state index in [0.717, 1.165) is 5.56 Å². The van der Waals surface area contributed by atoms with Crippen LogP contribution >= 0.6 is 0 Å². The summed E-state index contributed by atoms with van der Waals surface area (Å²) in [4.78, 5) is 18.8. The third-order valence-electron chi connectivity index (χ3n) is 2.60. The molecule has 2 rings (SSSR count). The first kappa shape index (κ1) is 12.2. The van der Waals surface area contributed by atoms with Crippen LogP contribution in [0.15, 0.2) is 30.6 Å². The lowest BCUT2D eigenvalue weighted by molar-refractivity contribution is 0.0696. The van der Waals surface area contributed by atoms with Crippen molar-refractivity contribution in [3.63, 3.8) is 0 Å². The van der Waals surface area contributed by atoms with E-state index in [0.29, 0.717) is 12.2 Å². The summed E-state index contributed by atoms with van der Waals surface area (Å²) in [6, 6.07) is 6.28. The number of benzene rings is 1. The summed E-state index contributed by atoms with van der Waals surface area (Å²) < 4.78 is 0. The molecule has 18 heavy (non-hydrogen) atoms. The molecule has 0 radical (unpaired) electrons. The maximum atomic E-state index is 10.7. The van der Waals surface area contributed by atoms with E-state index >= 15 is 0 Å². The lowest BCUT2D eigenvalue weighted by atomic mass is 10.0. The van der Waals surface area contributed by atoms with Crippen molar-refractivity contribution in [2.24, 2.45) is 0 Å². The zero-order valence-electron chi connectivity index (χ0n) is 10.3. The van der Waals surface area contributed by atoms with E-state index in [9.17, 15) is 4.79 Å². The SMILES string of the molecule is Cc1cc(C)cc(Cc2ncc(C(=O)O)cn2)c1. The summed E-state index contributed by atoms with van der Waals surface area (Å²) in [5, 5.41) is 8.76. The Morgan fingerprint density at radius 3 is 2.17 bits per heavy atom. The summed E-state index contributed by atoms with van der Waals surface area (Å²) in [5.74, 6) is -0.377. The number of carboxylic acid groups (broad SMARTS) is 1. The Kier molecular flexibility index (Phi) is 3.37. The van der Waals surface area contributed by atoms with E-state index in [1.807, 2.05) is 13.8 Å². The Hall–Kier alpha value is -2.23. The van der Waals surface area contributed by atoms with E-state index in [4.69, 9.17) is 5.11 Å². The van der Waals surface area contributed by atoms with Gasteiger partial charge in [0.15, 0.2) is 0 Å². The molecule has 0 saturated heterocycles. The van der Waals surface area contributed by atoms with Gasteiger partial charge in [-0.25, -0.2) is 14.8 Å². The third-order valence-corrected chi connectivity index (χ3v) is 2.60. The molecule has 1 N–H and O–H groups in total. The maximum Gasteiger partial charge on any atom is 0.338 e. The van der Waals surface area contributed by atoms with Gasteiger partial charge >= 0.3 is 5.97 Å². The Balaban J connectivity index is 2.20. The third kappa shape index (κ3) is 2.91. The summed E-state index contributed by atoms with van der Waals surface area (Å²) in [5.41, 5.74) is 3.65. The zero-order valence-corrected chi connectivity index (χ0v) is 10.3. The molecule has 4 nitrogen and oxygen atoms in total. The summed E-state index contributed by atoms with van der Waals surface area (Å²) in [6.07, 6.45) is 3.29. The Morgan fingerprint density at radius 2 is 1.67 bits per heavy atom. The molecular formula is C14H14N2O2. The summed E-state index contributed by atoms with van der Waals surface area (Å²) in [6.45, 7) is 4.09. The molecule has 0 bridgehead atoms. The van der Waals surface area contributed by atoms with Crippen LogP contribution in [-0.4, -0.2) is 21.0 Å². The molecule has 1 heterocycles. The minimum absolute atomic E-state index is 0.110. The van der Waals surface area contributed by atoms with Crippen molar-refractivity contribution < 1.29 is 9.90 Å². The van der Waals surface area contributed by atoms with Gasteiger partial charge in [0, 0.05) is 18.8 Å². The van der Waals surface area contributed by atoms with Crippen molar-refractivity contribution in [2.75, 3.05) is 0 Å². The molecule has 0 aliphatic carbocycles. The van der Waals surface area contributed by atoms with Crippen molar-refractivity contribution in [3.8, 4) is 0 Å². The van der Waals surface area contributed by atoms with Crippen molar-refractivity contribution >= 4 is 5.97 Å². The number of aromatic carboxylic acids is 1. The smallest absolute Gasteiger partial charge is 0.338 e. The molecule has 0 unspecified atom stereocenters. The Labute approximate surface area is 105 Å². The highest BCUT2D eigenvalue weighted by molar-refractivity contribution is 5.86. The highest BCUT2D eigenvalue weighted by Gasteiger charge is 2.05. The second-order valence-corrected chi connectivity index (χ2v) is 4.37. The molecule has 1 aromatic carbocycles. The molecule has 0 spiro atoms. The first-order chi connectivity index (χ1) is 8.54. The molecule has 0 aliphatic rings. The highest BCUT2D eigenvalue weighted by Crippen LogP contribution is 2.11. The van der Waals surface area contributed by atoms with E-state index in [-0.39, 0.29) is 5.56 Å². The van der Waals surface area contributed by atoms with Crippen LogP contribution in [0, 0.1) is 13.8 Å². The molecule has 0 fully saturated rings. The molecule has 0 saturated carbocycles. The number of carboxylic acids is 1. The van der Waals surface area contributed by atoms with E-state index in [1.165, 1.54) is 23.5 Å². The number of hydrogen-bond acceptors (Lipinski definition) is 3. The van der Waals surface area contributed by atoms with Gasteiger partial charge < -0.3 is 5.11 Å². The quantitative estimate of drug-likeness (QED) is 0.897. The van der Waals surface area contributed by atoms with Gasteiger partial charge in [-0.3, -0.25) is 0 Å². The van der Waals surface area contributed by atoms with Gasteiger partial charge in [0.25, 0.3) is 0 Å². The fourth-order valence-electron chi connectivity index (χ4n) is 1.91. The molecule has 92 valence electrons. The highest BCUT2D eigenvalue weighted by atomic mass is 16.4. The van der Waals surface area contributed by atoms with Crippen LogP contribution in [-0.2, 0) is 6.42 Å². The van der Waals surface area contributed by atoms with E-state index in [2.05, 4.69) is 28.2 Å². The molecule has 2 aromatic rings. The van der Waals surface area contributed by atoms with Gasteiger partial charge in [0.1, 0.15) is 5.82 Å². The van der Waals surface area contributed by atoms with Crippen LogP contribution in [0.25, 0.3) is 0 Å². The first-order valence-corrected chi connectivity index (χ1v) is 5.66. The molecule has 0 amide bonds. The van der Waals surface area contributed by atoms with Crippen molar-refractivity contribution in [2.45, 2.75) is 20.3 Å². The largest absolute Gasteiger partial charge is 0.478 e. The standard InChI is InChI=1S/C14H14N2O2/c1-9-3-10(2)5-11(4-9)6-13-15-7-12(8-16-13)14(17)18/h3-5,7-8H,6H2,1-2H3,(H,17,18). The van der Waals surface area contributed by atoms with Crippen LogP contribution in [0.2, 0.25) is 0 Å². The monoisotopic (exact) mass is 242 g/mol. The average molecular weight is 242 g/mol. The van der Waals surface area contributed by atoms with Gasteiger partial charge in [-0.1, -0.05) is 29.3 Å². The molecule has 0 atom stereocenters. The lowest BCUT2D eigenvalue weighted by Crippen LogP contribution is -2.02. The second-order valence-electron chi connectivity index (χ2n) is 4.37. The fraction of sp³-hybridized carbons (Fsp3) is 0.214. The Morgan fingerprint density at radius 1 is 1.11 bits per heavy atom. The zero-order chi connectivity index (χ0) is 13.1. The molecular weight excluding hydrogens is 228 g/mol. The van der Waals surface area contributed by atoms with E-state index < -0.39 is 5.97 Å². The number of aromatic nitrogens is 2. The van der Waals surface area contributed by atoms with Crippen molar-refractivity contribution in [1.29, 1.82) is 0 Å². The predicted octanol–water partition coefficient (Wildman–Crippen LogP) is 2.38. The van der Waals surface area contributed by atoms with Gasteiger partial charge in [0.2, 0.25) is 0 Å². The predicted molar refractivity (Wildman–Crippen MR) is 67.7 cm³/mol. The minimum atomic E-state index is -1.01. The molecule has 1 aromatic heterocycles. The first-order valence-electron chi connectivity index (χ1n) is 5.66. The van der Waals surface area contributed by atoms with Crippen molar-refractivity contribution in [1.82, 2.24) is 9.97 Å². The minimum Gasteiger partial charge on any atom is -0.478 e. The fourth-order valence-corrected chi connectivity index (χ4v) is 1.91. The number of carbonyl (C=O) groups is 1. The van der Waals surface area contributed by atoms with Crippen LogP contribution in [0.3, 0.4) is 0 Å². The van der Waals surface area contributed by atoms with Crippen LogP contribution in [0.5, 0.6) is 0 Å². The van der Waals surface area contributed by atoms with Gasteiger partial charge in [-0.2, -0.15) is 0 Å². The lowest BCUT2D eigenvalue weighted by Gasteiger charge is -2.04. The normalized spacial score (nSPS) is 10.3. The number of hydrogen-bond donors (Lipinski definition) is 1. The Bertz CT molecular complexity index is 557. The summed E-state index contributed by atoms with van der Waals surface area (Å²) in [7, 11) is 0. The molecule has 0 aliphatic heterocycles. The van der Waals surface area contributed by atoms with Gasteiger partial charge in [-0.05, 0) is 19.4 Å². The van der Waals surface area contributed by atoms with Gasteiger partial charge in [-0.15, -0.1) is 0 Å². The average Bonchev–Trinajstić information content (AvgIpc) is 2.28. The van der Waals surface area contributed by atoms with Gasteiger partial charge in [0.05, 0.1) is 5.56 Å². The number of nitrogens with zero attached hydrogens (tertiary/aromatic N) is 2. The summed E-state index contributed by atoms with van der Waals surface area (Å²) >= 11 is 0. The second kappa shape index (κ2) is 4.96. The number of rotatable bonds is 3. The topological polar surface area (TPSA) is 63.1 Å². The molecule has 4 heteroatoms. The maximum absolute atomic E-state index is 10.7.